The molecule has 17 nitrogen and oxygen atoms in total. The number of ether oxygens (including phenoxy) is 1. The van der Waals surface area contributed by atoms with Crippen LogP contribution >= 0.6 is 11.3 Å². The van der Waals surface area contributed by atoms with E-state index in [-0.39, 0.29) is 59.2 Å². The number of fused-ring (bicyclic) bond motifs is 1. The summed E-state index contributed by atoms with van der Waals surface area (Å²) in [6.45, 7) is 3.72. The van der Waals surface area contributed by atoms with Crippen LogP contribution in [0.5, 0.6) is 5.75 Å². The van der Waals surface area contributed by atoms with Crippen molar-refractivity contribution in [2.75, 3.05) is 32.8 Å². The maximum atomic E-state index is 13.6. The van der Waals surface area contributed by atoms with E-state index < -0.39 is 47.2 Å². The first kappa shape index (κ1) is 47.9. The lowest BCUT2D eigenvalue weighted by molar-refractivity contribution is -0.159. The fourth-order valence-electron chi connectivity index (χ4n) is 9.11. The number of amides is 5. The molecule has 5 amide bonds. The Kier molecular flexibility index (Phi) is 14.3. The third kappa shape index (κ3) is 10.7. The Morgan fingerprint density at radius 2 is 1.69 bits per heavy atom. The van der Waals surface area contributed by atoms with Gasteiger partial charge in [-0.1, -0.05) is 71.7 Å². The highest BCUT2D eigenvalue weighted by atomic mass is 32.1. The van der Waals surface area contributed by atoms with Gasteiger partial charge < -0.3 is 19.5 Å². The molecule has 0 radical (unpaired) electrons. The number of nitrogens with zero attached hydrogens (tertiary/aromatic N) is 8. The van der Waals surface area contributed by atoms with Crippen molar-refractivity contribution < 1.29 is 46.4 Å². The summed E-state index contributed by atoms with van der Waals surface area (Å²) in [5.41, 5.74) is 3.13. The first-order valence-electron chi connectivity index (χ1n) is 23.2. The molecule has 0 spiro atoms. The zero-order valence-electron chi connectivity index (χ0n) is 38.0. The molecule has 1 atom stereocenters. The van der Waals surface area contributed by atoms with Crippen molar-refractivity contribution in [1.82, 2.24) is 50.6 Å². The molecule has 3 aliphatic heterocycles. The third-order valence-electron chi connectivity index (χ3n) is 12.9. The minimum Gasteiger partial charge on any atom is -0.493 e. The lowest BCUT2D eigenvalue weighted by atomic mass is 9.78. The van der Waals surface area contributed by atoms with E-state index in [1.165, 1.54) is 18.2 Å². The van der Waals surface area contributed by atoms with Crippen LogP contribution in [-0.2, 0) is 34.1 Å². The van der Waals surface area contributed by atoms with E-state index in [1.54, 1.807) is 40.3 Å². The van der Waals surface area contributed by atoms with Gasteiger partial charge in [-0.25, -0.2) is 4.98 Å². The predicted octanol–water partition coefficient (Wildman–Crippen LogP) is 6.91. The number of rotatable bonds is 19. The van der Waals surface area contributed by atoms with Gasteiger partial charge in [0.2, 0.25) is 17.6 Å². The lowest BCUT2D eigenvalue weighted by Gasteiger charge is -2.40. The number of nitrogens with one attached hydrogen (secondary N) is 2. The van der Waals surface area contributed by atoms with Crippen LogP contribution < -0.4 is 15.4 Å². The molecular weight excluding hydrogens is 930 g/mol. The van der Waals surface area contributed by atoms with E-state index in [9.17, 15) is 37.1 Å². The number of unbranched alkanes of at least 4 members (excludes halogenated alkanes) is 3. The topological polar surface area (TPSA) is 208 Å². The highest BCUT2D eigenvalue weighted by Crippen LogP contribution is 2.39. The molecule has 2 fully saturated rings. The van der Waals surface area contributed by atoms with Gasteiger partial charge in [-0.3, -0.25) is 38.9 Å². The minimum atomic E-state index is -4.78. The second-order valence-corrected chi connectivity index (χ2v) is 18.5. The van der Waals surface area contributed by atoms with Crippen LogP contribution in [-0.4, -0.2) is 108 Å². The number of hydrogen-bond donors (Lipinski definition) is 2. The van der Waals surface area contributed by atoms with Crippen molar-refractivity contribution in [2.24, 2.45) is 0 Å². The molecule has 3 aromatic heterocycles. The zero-order chi connectivity index (χ0) is 48.8. The van der Waals surface area contributed by atoms with Gasteiger partial charge in [-0.05, 0) is 82.4 Å². The van der Waals surface area contributed by atoms with Crippen molar-refractivity contribution in [3.05, 3.63) is 118 Å². The number of carbonyl (C=O) groups is 5. The summed E-state index contributed by atoms with van der Waals surface area (Å²) in [5.74, 6) is -4.13. The number of alkyl halides is 3. The van der Waals surface area contributed by atoms with Crippen molar-refractivity contribution in [3.8, 4) is 28.4 Å². The molecule has 1 unspecified atom stereocenters. The van der Waals surface area contributed by atoms with Gasteiger partial charge in [0.1, 0.15) is 16.8 Å². The van der Waals surface area contributed by atoms with Crippen LogP contribution in [0.2, 0.25) is 0 Å². The Bertz CT molecular complexity index is 2880. The van der Waals surface area contributed by atoms with E-state index in [0.717, 1.165) is 91.4 Å². The summed E-state index contributed by atoms with van der Waals surface area (Å²) in [4.78, 5) is 76.1. The van der Waals surface area contributed by atoms with Crippen LogP contribution in [0.15, 0.2) is 88.9 Å². The van der Waals surface area contributed by atoms with Gasteiger partial charge in [0.25, 0.3) is 17.7 Å². The standard InChI is InChI=1S/C49H49F3N10O7S/c50-49(51,52)46-56-41(58-69-46)32-13-8-14-33(27-32)42(64)53-30-48(47-54-36(29-70-47)31-11-4-3-5-12-31)20-24-60(25-21-48)22-7-2-1-6-15-34-28-61(59-57-34)23-10-26-68-38-17-9-16-35-40(38)45(67)62(44(35)66)37-18-19-39(63)55-43(37)65/h3-5,8-9,11-14,16-17,27-29,37H,1-2,6-7,10,15,18-26,30H2,(H,53,64)(H,55,63,65). The lowest BCUT2D eigenvalue weighted by Crippen LogP contribution is -2.54. The summed E-state index contributed by atoms with van der Waals surface area (Å²) in [5, 5.41) is 20.4. The molecule has 2 N–H and O–H groups in total. The highest BCUT2D eigenvalue weighted by Gasteiger charge is 2.46. The number of carbonyl (C=O) groups excluding carboxylic acids is 5. The predicted molar refractivity (Wildman–Crippen MR) is 247 cm³/mol. The van der Waals surface area contributed by atoms with Crippen LogP contribution in [0, 0.1) is 0 Å². The Balaban J connectivity index is 0.715. The van der Waals surface area contributed by atoms with Crippen LogP contribution in [0.4, 0.5) is 13.2 Å². The van der Waals surface area contributed by atoms with Gasteiger partial charge in [-0.2, -0.15) is 18.2 Å². The quantitative estimate of drug-likeness (QED) is 0.0626. The van der Waals surface area contributed by atoms with Crippen molar-refractivity contribution >= 4 is 40.9 Å². The van der Waals surface area contributed by atoms with Gasteiger partial charge in [0.15, 0.2) is 0 Å². The number of halogens is 3. The average molecular weight is 979 g/mol. The number of thiazole rings is 1. The molecule has 6 heterocycles. The molecule has 364 valence electrons. The number of aryl methyl sites for hydroxylation is 2. The van der Waals surface area contributed by atoms with Crippen molar-refractivity contribution in [1.29, 1.82) is 0 Å². The van der Waals surface area contributed by atoms with Crippen LogP contribution in [0.1, 0.15) is 105 Å². The van der Waals surface area contributed by atoms with Crippen molar-refractivity contribution in [3.63, 3.8) is 0 Å². The maximum Gasteiger partial charge on any atom is 0.471 e. The van der Waals surface area contributed by atoms with E-state index in [0.29, 0.717) is 19.5 Å². The van der Waals surface area contributed by atoms with Gasteiger partial charge in [0.05, 0.1) is 29.1 Å². The maximum absolute atomic E-state index is 13.6. The summed E-state index contributed by atoms with van der Waals surface area (Å²) >= 11 is 1.59. The third-order valence-corrected chi connectivity index (χ3v) is 14.0. The second-order valence-electron chi connectivity index (χ2n) is 17.7. The molecule has 0 bridgehead atoms. The molecule has 9 rings (SSSR count). The van der Waals surface area contributed by atoms with E-state index in [2.05, 4.69) is 45.9 Å². The number of aromatic nitrogens is 6. The van der Waals surface area contributed by atoms with E-state index in [4.69, 9.17) is 9.72 Å². The van der Waals surface area contributed by atoms with Gasteiger partial charge in [0, 0.05) is 59.6 Å². The van der Waals surface area contributed by atoms with E-state index in [1.807, 2.05) is 36.5 Å². The van der Waals surface area contributed by atoms with Crippen LogP contribution in [0.3, 0.4) is 0 Å². The van der Waals surface area contributed by atoms with Gasteiger partial charge >= 0.3 is 12.1 Å². The SMILES string of the molecule is O=C1CCC(N2C(=O)c3cccc(OCCCn4cc(CCCCCCN5CCC(CNC(=O)c6cccc(-c7noc(C(F)(F)F)n7)c6)(c6nc(-c7ccccc7)cs6)CC5)nn4)c3C2=O)C(=O)N1. The molecule has 3 aromatic carbocycles. The summed E-state index contributed by atoms with van der Waals surface area (Å²) in [6, 6.07) is 19.8. The molecule has 6 aromatic rings. The number of imide groups is 2. The molecule has 0 aliphatic carbocycles. The summed E-state index contributed by atoms with van der Waals surface area (Å²) < 4.78 is 51.4. The Morgan fingerprint density at radius 3 is 2.47 bits per heavy atom. The smallest absolute Gasteiger partial charge is 0.471 e. The molecule has 0 saturated carbocycles. The average Bonchev–Trinajstić information content (AvgIpc) is 4.20. The number of hydrogen-bond acceptors (Lipinski definition) is 14. The molecule has 3 aliphatic rings. The monoisotopic (exact) mass is 978 g/mol. The fraction of sp³-hybridized carbons (Fsp3) is 0.388. The number of likely N-dealkylation sites (tertiary alicyclic amines) is 1. The summed E-state index contributed by atoms with van der Waals surface area (Å²) in [6.07, 6.45) is 4.26. The normalized spacial score (nSPS) is 17.2. The van der Waals surface area contributed by atoms with Crippen LogP contribution in [0.25, 0.3) is 22.6 Å². The van der Waals surface area contributed by atoms with Gasteiger partial charge in [-0.15, -0.1) is 16.4 Å². The highest BCUT2D eigenvalue weighted by molar-refractivity contribution is 7.10. The molecule has 2 saturated heterocycles. The number of piperidine rings is 2. The summed E-state index contributed by atoms with van der Waals surface area (Å²) in [7, 11) is 0. The first-order chi connectivity index (χ1) is 33.8. The Hall–Kier alpha value is -7.13. The fourth-order valence-corrected chi connectivity index (χ4v) is 10.2. The van der Waals surface area contributed by atoms with E-state index >= 15 is 0 Å². The molecular formula is C49H49F3N10O7S. The molecule has 21 heteroatoms. The largest absolute Gasteiger partial charge is 0.493 e. The number of benzene rings is 3. The first-order valence-corrected chi connectivity index (χ1v) is 24.1. The molecule has 70 heavy (non-hydrogen) atoms. The Morgan fingerprint density at radius 1 is 0.900 bits per heavy atom. The van der Waals surface area contributed by atoms with Crippen molar-refractivity contribution in [2.45, 2.75) is 88.4 Å². The second kappa shape index (κ2) is 20.8. The minimum absolute atomic E-state index is 0.0407. The zero-order valence-corrected chi connectivity index (χ0v) is 38.8. The Labute approximate surface area is 403 Å².